The predicted molar refractivity (Wildman–Crippen MR) is 105 cm³/mol. The molecule has 8 atom stereocenters. The van der Waals surface area contributed by atoms with Gasteiger partial charge in [-0.1, -0.05) is 70.6 Å². The summed E-state index contributed by atoms with van der Waals surface area (Å²) < 4.78 is 0. The molecule has 0 aromatic heterocycles. The molecule has 22 heavy (non-hydrogen) atoms. The van der Waals surface area contributed by atoms with Crippen molar-refractivity contribution < 1.29 is 0 Å². The Labute approximate surface area is 148 Å². The molecule has 1 N–H and O–H groups in total. The third kappa shape index (κ3) is 3.51. The molecule has 2 aliphatic carbocycles. The SMILES string of the molecule is CC1CC(C)C(N[Si](C)(C)C2C(C)C(C)C(C)C2C)C(Br)C1. The van der Waals surface area contributed by atoms with Gasteiger partial charge in [0.05, 0.1) is 0 Å². The summed E-state index contributed by atoms with van der Waals surface area (Å²) in [7, 11) is -1.45. The van der Waals surface area contributed by atoms with Gasteiger partial charge in [0.25, 0.3) is 0 Å². The van der Waals surface area contributed by atoms with E-state index in [4.69, 9.17) is 0 Å². The smallest absolute Gasteiger partial charge is 0.123 e. The van der Waals surface area contributed by atoms with Crippen LogP contribution in [0.25, 0.3) is 0 Å². The summed E-state index contributed by atoms with van der Waals surface area (Å²) in [5, 5.41) is 0. The summed E-state index contributed by atoms with van der Waals surface area (Å²) in [5.41, 5.74) is 0.906. The van der Waals surface area contributed by atoms with Gasteiger partial charge in [0.15, 0.2) is 0 Å². The zero-order chi connectivity index (χ0) is 16.8. The minimum Gasteiger partial charge on any atom is -0.333 e. The molecule has 2 aliphatic rings. The molecule has 0 spiro atoms. The summed E-state index contributed by atoms with van der Waals surface area (Å²) in [6.45, 7) is 20.1. The van der Waals surface area contributed by atoms with E-state index in [0.29, 0.717) is 10.9 Å². The zero-order valence-electron chi connectivity index (χ0n) is 16.0. The van der Waals surface area contributed by atoms with Crippen LogP contribution in [0.2, 0.25) is 18.6 Å². The van der Waals surface area contributed by atoms with E-state index in [1.54, 1.807) is 0 Å². The topological polar surface area (TPSA) is 12.0 Å². The van der Waals surface area contributed by atoms with Crippen LogP contribution in [0.1, 0.15) is 54.4 Å². The first kappa shape index (κ1) is 19.0. The number of halogens is 1. The highest BCUT2D eigenvalue weighted by Crippen LogP contribution is 2.53. The molecule has 130 valence electrons. The average molecular weight is 389 g/mol. The maximum atomic E-state index is 4.25. The minimum atomic E-state index is -1.45. The summed E-state index contributed by atoms with van der Waals surface area (Å²) in [5.74, 6) is 5.14. The second-order valence-corrected chi connectivity index (χ2v) is 15.0. The Bertz CT molecular complexity index is 360. The van der Waals surface area contributed by atoms with Crippen LogP contribution in [0.15, 0.2) is 0 Å². The normalized spacial score (nSPS) is 50.3. The van der Waals surface area contributed by atoms with Crippen LogP contribution < -0.4 is 4.98 Å². The van der Waals surface area contributed by atoms with E-state index in [2.05, 4.69) is 75.5 Å². The lowest BCUT2D eigenvalue weighted by Crippen LogP contribution is -2.60. The quantitative estimate of drug-likeness (QED) is 0.468. The lowest BCUT2D eigenvalue weighted by Gasteiger charge is -2.45. The van der Waals surface area contributed by atoms with Gasteiger partial charge in [0.2, 0.25) is 0 Å². The highest BCUT2D eigenvalue weighted by Gasteiger charge is 2.50. The van der Waals surface area contributed by atoms with Crippen LogP contribution in [-0.4, -0.2) is 19.1 Å². The fourth-order valence-electron chi connectivity index (χ4n) is 5.93. The second-order valence-electron chi connectivity index (χ2n) is 9.42. The van der Waals surface area contributed by atoms with Crippen LogP contribution >= 0.6 is 15.9 Å². The second kappa shape index (κ2) is 6.88. The van der Waals surface area contributed by atoms with E-state index in [0.717, 1.165) is 41.0 Å². The predicted octanol–water partition coefficient (Wildman–Crippen LogP) is 5.91. The Morgan fingerprint density at radius 2 is 1.32 bits per heavy atom. The van der Waals surface area contributed by atoms with Gasteiger partial charge in [0.1, 0.15) is 8.24 Å². The Balaban J connectivity index is 2.13. The minimum absolute atomic E-state index is 0.653. The van der Waals surface area contributed by atoms with Gasteiger partial charge in [0, 0.05) is 10.9 Å². The number of hydrogen-bond acceptors (Lipinski definition) is 1. The number of alkyl halides is 1. The third-order valence-electron chi connectivity index (χ3n) is 7.40. The fourth-order valence-corrected chi connectivity index (χ4v) is 12.2. The highest BCUT2D eigenvalue weighted by molar-refractivity contribution is 9.09. The van der Waals surface area contributed by atoms with E-state index in [1.165, 1.54) is 12.8 Å². The van der Waals surface area contributed by atoms with Crippen LogP contribution in [0.4, 0.5) is 0 Å². The molecule has 1 nitrogen and oxygen atoms in total. The number of nitrogens with one attached hydrogen (secondary N) is 1. The van der Waals surface area contributed by atoms with E-state index in [1.807, 2.05) is 0 Å². The summed E-state index contributed by atoms with van der Waals surface area (Å²) in [6, 6.07) is 0.670. The van der Waals surface area contributed by atoms with Gasteiger partial charge < -0.3 is 4.98 Å². The number of rotatable bonds is 3. The van der Waals surface area contributed by atoms with Crippen molar-refractivity contribution in [1.29, 1.82) is 0 Å². The molecular formula is C19H38BrNSi. The van der Waals surface area contributed by atoms with Crippen molar-refractivity contribution in [2.45, 2.75) is 83.9 Å². The molecule has 0 radical (unpaired) electrons. The molecule has 0 aromatic rings. The average Bonchev–Trinajstić information content (AvgIpc) is 2.58. The summed E-state index contributed by atoms with van der Waals surface area (Å²) in [4.78, 5) is 4.90. The Kier molecular flexibility index (Phi) is 5.94. The van der Waals surface area contributed by atoms with Crippen molar-refractivity contribution in [3.05, 3.63) is 0 Å². The molecule has 0 aliphatic heterocycles. The highest BCUT2D eigenvalue weighted by atomic mass is 79.9. The molecule has 0 amide bonds. The Hall–Kier alpha value is 0.657. The van der Waals surface area contributed by atoms with Crippen LogP contribution in [0, 0.1) is 35.5 Å². The van der Waals surface area contributed by atoms with Crippen molar-refractivity contribution in [1.82, 2.24) is 4.98 Å². The molecule has 2 rings (SSSR count). The monoisotopic (exact) mass is 387 g/mol. The molecule has 0 heterocycles. The van der Waals surface area contributed by atoms with Crippen molar-refractivity contribution >= 4 is 24.2 Å². The molecule has 2 saturated carbocycles. The van der Waals surface area contributed by atoms with Gasteiger partial charge in [-0.2, -0.15) is 0 Å². The Morgan fingerprint density at radius 1 is 0.818 bits per heavy atom. The standard InChI is InChI=1S/C19H38BrNSi/c1-11-9-12(2)18(17(20)10-11)21-22(7,8)19-15(5)13(3)14(4)16(19)6/h11-19,21H,9-10H2,1-8H3. The first-order valence-electron chi connectivity index (χ1n) is 9.48. The van der Waals surface area contributed by atoms with Crippen molar-refractivity contribution in [3.8, 4) is 0 Å². The molecule has 2 fully saturated rings. The third-order valence-corrected chi connectivity index (χ3v) is 12.1. The molecular weight excluding hydrogens is 350 g/mol. The molecule has 8 unspecified atom stereocenters. The molecule has 0 bridgehead atoms. The zero-order valence-corrected chi connectivity index (χ0v) is 18.6. The van der Waals surface area contributed by atoms with Crippen LogP contribution in [0.5, 0.6) is 0 Å². The first-order valence-corrected chi connectivity index (χ1v) is 13.5. The van der Waals surface area contributed by atoms with Gasteiger partial charge in [-0.05, 0) is 53.9 Å². The first-order chi connectivity index (χ1) is 10.1. The number of hydrogen-bond donors (Lipinski definition) is 1. The van der Waals surface area contributed by atoms with E-state index in [9.17, 15) is 0 Å². The van der Waals surface area contributed by atoms with Gasteiger partial charge in [-0.3, -0.25) is 0 Å². The van der Waals surface area contributed by atoms with Crippen molar-refractivity contribution in [2.24, 2.45) is 35.5 Å². The van der Waals surface area contributed by atoms with Gasteiger partial charge in [-0.25, -0.2) is 0 Å². The Morgan fingerprint density at radius 3 is 1.77 bits per heavy atom. The van der Waals surface area contributed by atoms with Crippen LogP contribution in [0.3, 0.4) is 0 Å². The summed E-state index contributed by atoms with van der Waals surface area (Å²) >= 11 is 4.01. The van der Waals surface area contributed by atoms with Crippen molar-refractivity contribution in [3.63, 3.8) is 0 Å². The lowest BCUT2D eigenvalue weighted by atomic mass is 9.80. The van der Waals surface area contributed by atoms with E-state index in [-0.39, 0.29) is 0 Å². The lowest BCUT2D eigenvalue weighted by molar-refractivity contribution is 0.256. The summed E-state index contributed by atoms with van der Waals surface area (Å²) in [6.07, 6.45) is 2.71. The van der Waals surface area contributed by atoms with E-state index >= 15 is 0 Å². The maximum Gasteiger partial charge on any atom is 0.123 e. The fraction of sp³-hybridized carbons (Fsp3) is 1.00. The molecule has 0 saturated heterocycles. The van der Waals surface area contributed by atoms with Crippen LogP contribution in [-0.2, 0) is 0 Å². The van der Waals surface area contributed by atoms with Gasteiger partial charge >= 0.3 is 0 Å². The van der Waals surface area contributed by atoms with Gasteiger partial charge in [-0.15, -0.1) is 0 Å². The van der Waals surface area contributed by atoms with Crippen molar-refractivity contribution in [2.75, 3.05) is 0 Å². The largest absolute Gasteiger partial charge is 0.333 e. The molecule has 3 heteroatoms. The maximum absolute atomic E-state index is 4.25. The molecule has 0 aromatic carbocycles. The van der Waals surface area contributed by atoms with E-state index < -0.39 is 8.24 Å².